The Balaban J connectivity index is 1.50. The predicted octanol–water partition coefficient (Wildman–Crippen LogP) is 9.12. The maximum Gasteiger partial charge on any atom is 0.363 e. The summed E-state index contributed by atoms with van der Waals surface area (Å²) < 4.78 is 51.0. The molecular formula is C25H25Cl3O6P2. The van der Waals surface area contributed by atoms with E-state index in [-0.39, 0.29) is 32.4 Å². The number of hydrogen-bond donors (Lipinski definition) is 0. The van der Waals surface area contributed by atoms with Crippen molar-refractivity contribution in [3.63, 3.8) is 0 Å². The average Bonchev–Trinajstić information content (AvgIpc) is 3.19. The van der Waals surface area contributed by atoms with Crippen LogP contribution in [0.5, 0.6) is 0 Å². The van der Waals surface area contributed by atoms with Crippen molar-refractivity contribution in [3.8, 4) is 0 Å². The van der Waals surface area contributed by atoms with E-state index in [2.05, 4.69) is 0 Å². The summed E-state index contributed by atoms with van der Waals surface area (Å²) in [5.74, 6) is 0. The van der Waals surface area contributed by atoms with E-state index in [1.165, 1.54) is 0 Å². The van der Waals surface area contributed by atoms with Crippen molar-refractivity contribution in [1.82, 2.24) is 0 Å². The van der Waals surface area contributed by atoms with E-state index in [0.29, 0.717) is 15.1 Å². The molecule has 1 heterocycles. The molecule has 6 nitrogen and oxygen atoms in total. The summed E-state index contributed by atoms with van der Waals surface area (Å²) >= 11 is 17.9. The molecular weight excluding hydrogens is 565 g/mol. The van der Waals surface area contributed by atoms with Gasteiger partial charge in [-0.25, -0.2) is 0 Å². The molecule has 1 fully saturated rings. The van der Waals surface area contributed by atoms with Crippen LogP contribution in [0.25, 0.3) is 0 Å². The molecule has 36 heavy (non-hydrogen) atoms. The summed E-state index contributed by atoms with van der Waals surface area (Å²) in [5, 5.41) is 0.268. The predicted molar refractivity (Wildman–Crippen MR) is 143 cm³/mol. The zero-order valence-electron chi connectivity index (χ0n) is 19.4. The largest absolute Gasteiger partial charge is 0.363 e. The van der Waals surface area contributed by atoms with E-state index in [1.54, 1.807) is 79.7 Å². The lowest BCUT2D eigenvalue weighted by Crippen LogP contribution is -2.25. The van der Waals surface area contributed by atoms with Crippen molar-refractivity contribution in [2.24, 2.45) is 0 Å². The van der Waals surface area contributed by atoms with E-state index >= 15 is 0 Å². The lowest BCUT2D eigenvalue weighted by atomic mass is 10.2. The van der Waals surface area contributed by atoms with Gasteiger partial charge < -0.3 is 13.6 Å². The maximum absolute atomic E-state index is 14.2. The van der Waals surface area contributed by atoms with E-state index in [9.17, 15) is 9.13 Å². The summed E-state index contributed by atoms with van der Waals surface area (Å²) in [7, 11) is -7.54. The van der Waals surface area contributed by atoms with Crippen LogP contribution >= 0.6 is 50.0 Å². The summed E-state index contributed by atoms with van der Waals surface area (Å²) in [6.07, 6.45) is 0.249. The summed E-state index contributed by atoms with van der Waals surface area (Å²) in [5.41, 5.74) is 2.28. The summed E-state index contributed by atoms with van der Waals surface area (Å²) in [6, 6.07) is 20.9. The van der Waals surface area contributed by atoms with Gasteiger partial charge in [0, 0.05) is 15.1 Å². The van der Waals surface area contributed by atoms with Gasteiger partial charge in [-0.2, -0.15) is 0 Å². The summed E-state index contributed by atoms with van der Waals surface area (Å²) in [6.45, 7) is 1.63. The van der Waals surface area contributed by atoms with Crippen molar-refractivity contribution in [2.45, 2.75) is 38.5 Å². The third kappa shape index (κ3) is 7.02. The van der Waals surface area contributed by atoms with Crippen LogP contribution < -0.4 is 0 Å². The number of rotatable bonds is 10. The molecule has 0 saturated carbocycles. The Hall–Kier alpha value is -1.17. The molecule has 4 rings (SSSR count). The Morgan fingerprint density at radius 3 is 1.58 bits per heavy atom. The molecule has 3 aromatic carbocycles. The van der Waals surface area contributed by atoms with Gasteiger partial charge in [-0.05, 0) is 66.4 Å². The maximum atomic E-state index is 14.2. The first-order valence-electron chi connectivity index (χ1n) is 11.2. The number of benzene rings is 3. The Kier molecular flexibility index (Phi) is 9.05. The fourth-order valence-electron chi connectivity index (χ4n) is 3.56. The normalized spacial score (nSPS) is 22.1. The molecule has 1 aliphatic heterocycles. The monoisotopic (exact) mass is 588 g/mol. The SMILES string of the molecule is CC1(P(=O)(OCc2ccc(Cl)cc2)OCc2ccc(Cl)cc2)CCP(=O)(OCc2ccc(Cl)cc2)O1. The lowest BCUT2D eigenvalue weighted by molar-refractivity contribution is 0.0888. The molecule has 2 unspecified atom stereocenters. The lowest BCUT2D eigenvalue weighted by Gasteiger charge is -2.32. The van der Waals surface area contributed by atoms with E-state index < -0.39 is 20.5 Å². The van der Waals surface area contributed by atoms with Crippen molar-refractivity contribution in [1.29, 1.82) is 0 Å². The van der Waals surface area contributed by atoms with E-state index in [4.69, 9.17) is 52.9 Å². The van der Waals surface area contributed by atoms with Gasteiger partial charge in [0.05, 0.1) is 26.0 Å². The molecule has 192 valence electrons. The molecule has 0 radical (unpaired) electrons. The smallest absolute Gasteiger partial charge is 0.304 e. The van der Waals surface area contributed by atoms with Gasteiger partial charge >= 0.3 is 15.2 Å². The Bertz CT molecular complexity index is 1210. The van der Waals surface area contributed by atoms with Crippen molar-refractivity contribution < 1.29 is 27.2 Å². The van der Waals surface area contributed by atoms with Gasteiger partial charge in [0.25, 0.3) is 0 Å². The van der Waals surface area contributed by atoms with Crippen LogP contribution in [0, 0.1) is 0 Å². The topological polar surface area (TPSA) is 71.1 Å². The summed E-state index contributed by atoms with van der Waals surface area (Å²) in [4.78, 5) is 0. The van der Waals surface area contributed by atoms with Crippen LogP contribution in [0.3, 0.4) is 0 Å². The highest BCUT2D eigenvalue weighted by Crippen LogP contribution is 2.73. The minimum absolute atomic E-state index is 0.00997. The Morgan fingerprint density at radius 1 is 0.778 bits per heavy atom. The first kappa shape index (κ1) is 27.9. The second-order valence-corrected chi connectivity index (χ2v) is 14.4. The van der Waals surface area contributed by atoms with Crippen LogP contribution in [0.1, 0.15) is 30.0 Å². The first-order valence-corrected chi connectivity index (χ1v) is 15.6. The van der Waals surface area contributed by atoms with Gasteiger partial charge in [0.15, 0.2) is 5.34 Å². The third-order valence-electron chi connectivity index (χ3n) is 5.73. The molecule has 1 aliphatic rings. The molecule has 0 N–H and O–H groups in total. The van der Waals surface area contributed by atoms with Crippen molar-refractivity contribution >= 4 is 50.0 Å². The molecule has 0 aromatic heterocycles. The Labute approximate surface area is 225 Å². The molecule has 2 atom stereocenters. The molecule has 0 bridgehead atoms. The van der Waals surface area contributed by atoms with E-state index in [1.807, 2.05) is 0 Å². The molecule has 0 amide bonds. The standard InChI is InChI=1S/C25H25Cl3O6P2/c1-25(14-15-35(29,34-25)31-16-19-2-8-22(26)9-3-19)36(30,32-17-20-4-10-23(27)11-5-20)33-18-21-6-12-24(28)13-7-21/h2-13H,14-18H2,1H3. The minimum Gasteiger partial charge on any atom is -0.304 e. The quantitative estimate of drug-likeness (QED) is 0.220. The van der Waals surface area contributed by atoms with Gasteiger partial charge in [0.1, 0.15) is 0 Å². The highest BCUT2D eigenvalue weighted by Gasteiger charge is 2.58. The first-order chi connectivity index (χ1) is 17.1. The molecule has 11 heteroatoms. The van der Waals surface area contributed by atoms with Gasteiger partial charge in [0.2, 0.25) is 0 Å². The molecule has 0 spiro atoms. The van der Waals surface area contributed by atoms with Crippen molar-refractivity contribution in [2.75, 3.05) is 6.16 Å². The van der Waals surface area contributed by atoms with Crippen LogP contribution in [0.15, 0.2) is 72.8 Å². The van der Waals surface area contributed by atoms with Crippen LogP contribution in [-0.4, -0.2) is 11.5 Å². The number of hydrogen-bond acceptors (Lipinski definition) is 6. The third-order valence-corrected chi connectivity index (χ3v) is 11.0. The zero-order valence-corrected chi connectivity index (χ0v) is 23.5. The van der Waals surface area contributed by atoms with Gasteiger partial charge in [-0.15, -0.1) is 0 Å². The van der Waals surface area contributed by atoms with Gasteiger partial charge in [-0.1, -0.05) is 71.2 Å². The van der Waals surface area contributed by atoms with Crippen LogP contribution in [0.2, 0.25) is 15.1 Å². The van der Waals surface area contributed by atoms with E-state index in [0.717, 1.165) is 16.7 Å². The second kappa shape index (κ2) is 11.7. The van der Waals surface area contributed by atoms with Crippen LogP contribution in [0.4, 0.5) is 0 Å². The minimum atomic E-state index is -3.97. The molecule has 3 aromatic rings. The van der Waals surface area contributed by atoms with Crippen LogP contribution in [-0.2, 0) is 47.0 Å². The molecule has 0 aliphatic carbocycles. The fourth-order valence-corrected chi connectivity index (χ4v) is 8.54. The second-order valence-electron chi connectivity index (χ2n) is 8.55. The molecule has 1 saturated heterocycles. The Morgan fingerprint density at radius 2 is 1.17 bits per heavy atom. The highest BCUT2D eigenvalue weighted by molar-refractivity contribution is 7.59. The highest BCUT2D eigenvalue weighted by atomic mass is 35.5. The van der Waals surface area contributed by atoms with Gasteiger partial charge in [-0.3, -0.25) is 13.7 Å². The average molecular weight is 590 g/mol. The van der Waals surface area contributed by atoms with Crippen molar-refractivity contribution in [3.05, 3.63) is 105 Å². The number of halogens is 3. The fraction of sp³-hybridized carbons (Fsp3) is 0.280. The zero-order chi connectivity index (χ0) is 25.8.